The summed E-state index contributed by atoms with van der Waals surface area (Å²) in [5.41, 5.74) is 2.04. The normalized spacial score (nSPS) is 30.1. The van der Waals surface area contributed by atoms with E-state index in [2.05, 4.69) is 10.6 Å². The van der Waals surface area contributed by atoms with Gasteiger partial charge in [0.05, 0.1) is 19.3 Å². The van der Waals surface area contributed by atoms with E-state index in [1.54, 1.807) is 0 Å². The van der Waals surface area contributed by atoms with E-state index in [1.807, 2.05) is 18.2 Å². The number of amides is 1. The van der Waals surface area contributed by atoms with Gasteiger partial charge < -0.3 is 20.1 Å². The van der Waals surface area contributed by atoms with Gasteiger partial charge in [0.15, 0.2) is 0 Å². The van der Waals surface area contributed by atoms with Crippen LogP contribution in [0, 0.1) is 5.92 Å². The molecular formula is C17H22N2O3. The molecule has 0 unspecified atom stereocenters. The van der Waals surface area contributed by atoms with E-state index in [-0.39, 0.29) is 17.9 Å². The van der Waals surface area contributed by atoms with Crippen LogP contribution in [0.25, 0.3) is 0 Å². The molecule has 3 atom stereocenters. The first-order valence-corrected chi connectivity index (χ1v) is 8.22. The highest BCUT2D eigenvalue weighted by atomic mass is 16.5. The summed E-state index contributed by atoms with van der Waals surface area (Å²) in [5, 5.41) is 6.61. The standard InChI is InChI=1S/C17H22N2O3/c20-17(11-4-5-16-14(10-11)18-7-9-22-16)19-13-2-1-3-15-12(13)6-8-21-15/h1-3,11,14,16,18H,4-10H2,(H,19,20)/t11-,14+,16+/m0/s1. The molecule has 1 aromatic carbocycles. The van der Waals surface area contributed by atoms with E-state index < -0.39 is 0 Å². The van der Waals surface area contributed by atoms with Crippen molar-refractivity contribution in [1.29, 1.82) is 0 Å². The molecule has 5 heteroatoms. The Morgan fingerprint density at radius 1 is 1.27 bits per heavy atom. The van der Waals surface area contributed by atoms with Gasteiger partial charge in [-0.3, -0.25) is 4.79 Å². The largest absolute Gasteiger partial charge is 0.493 e. The molecule has 22 heavy (non-hydrogen) atoms. The molecule has 0 radical (unpaired) electrons. The van der Waals surface area contributed by atoms with Gasteiger partial charge in [-0.1, -0.05) is 6.07 Å². The number of hydrogen-bond acceptors (Lipinski definition) is 4. The summed E-state index contributed by atoms with van der Waals surface area (Å²) in [6.45, 7) is 2.38. The Balaban J connectivity index is 1.43. The summed E-state index contributed by atoms with van der Waals surface area (Å²) in [6.07, 6.45) is 3.89. The number of carbonyl (C=O) groups excluding carboxylic acids is 1. The minimum Gasteiger partial charge on any atom is -0.493 e. The fourth-order valence-electron chi connectivity index (χ4n) is 3.82. The summed E-state index contributed by atoms with van der Waals surface area (Å²) in [6, 6.07) is 6.20. The van der Waals surface area contributed by atoms with Gasteiger partial charge in [-0.05, 0) is 31.4 Å². The van der Waals surface area contributed by atoms with Crippen LogP contribution in [0.4, 0.5) is 5.69 Å². The highest BCUT2D eigenvalue weighted by molar-refractivity contribution is 5.93. The van der Waals surface area contributed by atoms with Gasteiger partial charge in [-0.15, -0.1) is 0 Å². The molecule has 4 rings (SSSR count). The van der Waals surface area contributed by atoms with E-state index >= 15 is 0 Å². The maximum absolute atomic E-state index is 12.6. The average molecular weight is 302 g/mol. The lowest BCUT2D eigenvalue weighted by atomic mass is 9.82. The number of ether oxygens (including phenoxy) is 2. The average Bonchev–Trinajstić information content (AvgIpc) is 3.04. The summed E-state index contributed by atoms with van der Waals surface area (Å²) >= 11 is 0. The SMILES string of the molecule is O=C(Nc1cccc2c1CCO2)[C@H]1CC[C@H]2OCCN[C@@H]2C1. The molecule has 118 valence electrons. The number of benzene rings is 1. The molecule has 3 aliphatic rings. The minimum atomic E-state index is 0.0635. The Morgan fingerprint density at radius 2 is 2.23 bits per heavy atom. The summed E-state index contributed by atoms with van der Waals surface area (Å²) in [5.74, 6) is 1.10. The molecule has 1 saturated carbocycles. The number of nitrogens with one attached hydrogen (secondary N) is 2. The van der Waals surface area contributed by atoms with Crippen molar-refractivity contribution in [3.05, 3.63) is 23.8 Å². The fraction of sp³-hybridized carbons (Fsp3) is 0.588. The topological polar surface area (TPSA) is 59.6 Å². The molecule has 2 heterocycles. The first-order chi connectivity index (χ1) is 10.8. The first kappa shape index (κ1) is 14.0. The second-order valence-corrected chi connectivity index (χ2v) is 6.35. The van der Waals surface area contributed by atoms with Crippen LogP contribution in [-0.4, -0.2) is 37.8 Å². The molecule has 2 N–H and O–H groups in total. The Hall–Kier alpha value is -1.59. The number of rotatable bonds is 2. The molecule has 1 amide bonds. The Morgan fingerprint density at radius 3 is 3.18 bits per heavy atom. The highest BCUT2D eigenvalue weighted by Crippen LogP contribution is 2.33. The molecule has 0 bridgehead atoms. The van der Waals surface area contributed by atoms with E-state index in [0.29, 0.717) is 12.6 Å². The van der Waals surface area contributed by atoms with E-state index in [1.165, 1.54) is 0 Å². The summed E-state index contributed by atoms with van der Waals surface area (Å²) < 4.78 is 11.3. The maximum atomic E-state index is 12.6. The van der Waals surface area contributed by atoms with Crippen LogP contribution >= 0.6 is 0 Å². The van der Waals surface area contributed by atoms with Gasteiger partial charge in [-0.2, -0.15) is 0 Å². The fourth-order valence-corrected chi connectivity index (χ4v) is 3.82. The summed E-state index contributed by atoms with van der Waals surface area (Å²) in [4.78, 5) is 12.6. The second kappa shape index (κ2) is 5.89. The molecule has 0 spiro atoms. The van der Waals surface area contributed by atoms with Crippen molar-refractivity contribution in [2.75, 3.05) is 25.1 Å². The summed E-state index contributed by atoms with van der Waals surface area (Å²) in [7, 11) is 0. The van der Waals surface area contributed by atoms with Crippen molar-refractivity contribution in [2.24, 2.45) is 5.92 Å². The predicted octanol–water partition coefficient (Wildman–Crippen LogP) is 1.72. The van der Waals surface area contributed by atoms with Crippen LogP contribution in [0.3, 0.4) is 0 Å². The Labute approximate surface area is 130 Å². The van der Waals surface area contributed by atoms with Crippen molar-refractivity contribution in [3.8, 4) is 5.75 Å². The molecule has 5 nitrogen and oxygen atoms in total. The molecule has 1 aromatic rings. The maximum Gasteiger partial charge on any atom is 0.227 e. The first-order valence-electron chi connectivity index (χ1n) is 8.22. The van der Waals surface area contributed by atoms with Crippen molar-refractivity contribution in [1.82, 2.24) is 5.32 Å². The monoisotopic (exact) mass is 302 g/mol. The minimum absolute atomic E-state index is 0.0635. The molecule has 2 aliphatic heterocycles. The highest BCUT2D eigenvalue weighted by Gasteiger charge is 2.36. The quantitative estimate of drug-likeness (QED) is 0.873. The van der Waals surface area contributed by atoms with E-state index in [4.69, 9.17) is 9.47 Å². The Bertz CT molecular complexity index is 575. The second-order valence-electron chi connectivity index (χ2n) is 6.35. The smallest absolute Gasteiger partial charge is 0.227 e. The molecule has 0 aromatic heterocycles. The number of carbonyl (C=O) groups is 1. The zero-order chi connectivity index (χ0) is 14.9. The molecule has 1 saturated heterocycles. The van der Waals surface area contributed by atoms with Gasteiger partial charge in [0.2, 0.25) is 5.91 Å². The van der Waals surface area contributed by atoms with Crippen molar-refractivity contribution in [3.63, 3.8) is 0 Å². The van der Waals surface area contributed by atoms with Gasteiger partial charge in [0.1, 0.15) is 5.75 Å². The Kier molecular flexibility index (Phi) is 3.76. The van der Waals surface area contributed by atoms with Crippen LogP contribution in [0.15, 0.2) is 18.2 Å². The van der Waals surface area contributed by atoms with Crippen LogP contribution in [0.5, 0.6) is 5.75 Å². The lowest BCUT2D eigenvalue weighted by molar-refractivity contribution is -0.123. The lowest BCUT2D eigenvalue weighted by Crippen LogP contribution is -2.52. The molecule has 2 fully saturated rings. The third-order valence-corrected chi connectivity index (χ3v) is 5.00. The third-order valence-electron chi connectivity index (χ3n) is 5.00. The predicted molar refractivity (Wildman–Crippen MR) is 83.1 cm³/mol. The van der Waals surface area contributed by atoms with Crippen molar-refractivity contribution < 1.29 is 14.3 Å². The van der Waals surface area contributed by atoms with E-state index in [0.717, 1.165) is 55.8 Å². The molecule has 1 aliphatic carbocycles. The van der Waals surface area contributed by atoms with Crippen LogP contribution in [0.2, 0.25) is 0 Å². The van der Waals surface area contributed by atoms with Crippen molar-refractivity contribution in [2.45, 2.75) is 37.8 Å². The number of morpholine rings is 1. The van der Waals surface area contributed by atoms with Gasteiger partial charge in [0, 0.05) is 36.2 Å². The number of hydrogen-bond donors (Lipinski definition) is 2. The third kappa shape index (κ3) is 2.59. The zero-order valence-corrected chi connectivity index (χ0v) is 12.6. The molecular weight excluding hydrogens is 280 g/mol. The van der Waals surface area contributed by atoms with Gasteiger partial charge in [0.25, 0.3) is 0 Å². The van der Waals surface area contributed by atoms with Gasteiger partial charge >= 0.3 is 0 Å². The van der Waals surface area contributed by atoms with Crippen LogP contribution in [-0.2, 0) is 16.0 Å². The zero-order valence-electron chi connectivity index (χ0n) is 12.6. The van der Waals surface area contributed by atoms with Gasteiger partial charge in [-0.25, -0.2) is 0 Å². The lowest BCUT2D eigenvalue weighted by Gasteiger charge is -2.39. The number of anilines is 1. The van der Waals surface area contributed by atoms with Crippen LogP contribution in [0.1, 0.15) is 24.8 Å². The van der Waals surface area contributed by atoms with Crippen molar-refractivity contribution >= 4 is 11.6 Å². The number of fused-ring (bicyclic) bond motifs is 2. The van der Waals surface area contributed by atoms with E-state index in [9.17, 15) is 4.79 Å². The van der Waals surface area contributed by atoms with Crippen LogP contribution < -0.4 is 15.4 Å².